The fourth-order valence-corrected chi connectivity index (χ4v) is 2.41. The van der Waals surface area contributed by atoms with Crippen molar-refractivity contribution in [2.75, 3.05) is 19.8 Å². The lowest BCUT2D eigenvalue weighted by molar-refractivity contribution is -0.122. The van der Waals surface area contributed by atoms with Crippen LogP contribution >= 0.6 is 11.6 Å². The molecule has 1 aliphatic rings. The third-order valence-corrected chi connectivity index (χ3v) is 3.98. The van der Waals surface area contributed by atoms with Crippen molar-refractivity contribution in [3.05, 3.63) is 16.4 Å². The molecule has 0 saturated carbocycles. The van der Waals surface area contributed by atoms with Gasteiger partial charge in [-0.05, 0) is 26.2 Å². The number of carbonyl (C=O) groups is 1. The molecule has 1 aliphatic heterocycles. The molecule has 2 heterocycles. The summed E-state index contributed by atoms with van der Waals surface area (Å²) in [5.74, 6) is 0.464. The highest BCUT2D eigenvalue weighted by atomic mass is 35.5. The summed E-state index contributed by atoms with van der Waals surface area (Å²) in [4.78, 5) is 11.7. The van der Waals surface area contributed by atoms with E-state index >= 15 is 0 Å². The van der Waals surface area contributed by atoms with Gasteiger partial charge in [0.1, 0.15) is 0 Å². The molecule has 0 aromatic carbocycles. The second-order valence-corrected chi connectivity index (χ2v) is 5.37. The molecule has 6 heteroatoms. The van der Waals surface area contributed by atoms with Gasteiger partial charge in [-0.1, -0.05) is 11.6 Å². The van der Waals surface area contributed by atoms with Gasteiger partial charge in [0.2, 0.25) is 5.91 Å². The van der Waals surface area contributed by atoms with Gasteiger partial charge in [-0.3, -0.25) is 9.48 Å². The van der Waals surface area contributed by atoms with Crippen LogP contribution < -0.4 is 5.32 Å². The van der Waals surface area contributed by atoms with Crippen LogP contribution in [0, 0.1) is 19.8 Å². The van der Waals surface area contributed by atoms with E-state index in [2.05, 4.69) is 10.4 Å². The van der Waals surface area contributed by atoms with E-state index in [0.29, 0.717) is 37.1 Å². The van der Waals surface area contributed by atoms with Crippen LogP contribution in [0.1, 0.15) is 24.2 Å². The molecule has 1 atom stereocenters. The first kappa shape index (κ1) is 14.3. The average molecular weight is 286 g/mol. The highest BCUT2D eigenvalue weighted by molar-refractivity contribution is 6.31. The van der Waals surface area contributed by atoms with E-state index < -0.39 is 0 Å². The van der Waals surface area contributed by atoms with Crippen molar-refractivity contribution in [3.8, 4) is 0 Å². The number of nitrogens with zero attached hydrogens (tertiary/aromatic N) is 2. The molecule has 1 saturated heterocycles. The summed E-state index contributed by atoms with van der Waals surface area (Å²) >= 11 is 6.07. The van der Waals surface area contributed by atoms with Crippen LogP contribution in [-0.2, 0) is 16.1 Å². The maximum Gasteiger partial charge on any atom is 0.220 e. The zero-order chi connectivity index (χ0) is 13.8. The lowest BCUT2D eigenvalue weighted by Crippen LogP contribution is -2.29. The first-order valence-electron chi connectivity index (χ1n) is 6.62. The largest absolute Gasteiger partial charge is 0.381 e. The number of rotatable bonds is 5. The molecule has 0 unspecified atom stereocenters. The van der Waals surface area contributed by atoms with Crippen LogP contribution in [0.25, 0.3) is 0 Å². The van der Waals surface area contributed by atoms with Crippen molar-refractivity contribution in [2.45, 2.75) is 33.2 Å². The molecule has 106 valence electrons. The van der Waals surface area contributed by atoms with Crippen LogP contribution in [0.4, 0.5) is 0 Å². The van der Waals surface area contributed by atoms with Gasteiger partial charge >= 0.3 is 0 Å². The monoisotopic (exact) mass is 285 g/mol. The van der Waals surface area contributed by atoms with Crippen LogP contribution in [0.15, 0.2) is 0 Å². The molecule has 0 bridgehead atoms. The minimum Gasteiger partial charge on any atom is -0.381 e. The van der Waals surface area contributed by atoms with Crippen molar-refractivity contribution in [1.82, 2.24) is 15.1 Å². The van der Waals surface area contributed by atoms with Crippen molar-refractivity contribution in [1.29, 1.82) is 0 Å². The van der Waals surface area contributed by atoms with Crippen molar-refractivity contribution in [2.24, 2.45) is 5.92 Å². The van der Waals surface area contributed by atoms with Gasteiger partial charge in [-0.25, -0.2) is 0 Å². The second kappa shape index (κ2) is 6.39. The number of aryl methyl sites for hydroxylation is 1. The van der Waals surface area contributed by atoms with E-state index in [9.17, 15) is 4.79 Å². The molecule has 0 aliphatic carbocycles. The van der Waals surface area contributed by atoms with Crippen LogP contribution in [0.5, 0.6) is 0 Å². The predicted octanol–water partition coefficient (Wildman–Crippen LogP) is 1.70. The molecule has 2 rings (SSSR count). The van der Waals surface area contributed by atoms with Gasteiger partial charge in [0, 0.05) is 26.2 Å². The number of nitrogens with one attached hydrogen (secondary N) is 1. The smallest absolute Gasteiger partial charge is 0.220 e. The topological polar surface area (TPSA) is 56.2 Å². The van der Waals surface area contributed by atoms with Crippen molar-refractivity contribution in [3.63, 3.8) is 0 Å². The van der Waals surface area contributed by atoms with E-state index in [1.54, 1.807) is 0 Å². The van der Waals surface area contributed by atoms with Gasteiger partial charge < -0.3 is 10.1 Å². The van der Waals surface area contributed by atoms with E-state index in [4.69, 9.17) is 16.3 Å². The van der Waals surface area contributed by atoms with Crippen molar-refractivity contribution < 1.29 is 9.53 Å². The molecule has 1 aromatic heterocycles. The molecule has 1 aromatic rings. The summed E-state index contributed by atoms with van der Waals surface area (Å²) in [5.41, 5.74) is 1.77. The van der Waals surface area contributed by atoms with Crippen molar-refractivity contribution >= 4 is 17.5 Å². The third kappa shape index (κ3) is 3.70. The summed E-state index contributed by atoms with van der Waals surface area (Å²) in [7, 11) is 0. The van der Waals surface area contributed by atoms with Gasteiger partial charge in [-0.2, -0.15) is 5.10 Å². The molecule has 1 fully saturated rings. The summed E-state index contributed by atoms with van der Waals surface area (Å²) < 4.78 is 7.08. The zero-order valence-corrected chi connectivity index (χ0v) is 12.2. The molecular weight excluding hydrogens is 266 g/mol. The Morgan fingerprint density at radius 1 is 1.58 bits per heavy atom. The standard InChI is InChI=1S/C13H20ClN3O2/c1-9-13(14)10(2)17(16-9)5-4-15-12(18)7-11-3-6-19-8-11/h11H,3-8H2,1-2H3,(H,15,18)/t11-/m0/s1. The summed E-state index contributed by atoms with van der Waals surface area (Å²) in [6.07, 6.45) is 1.54. The lowest BCUT2D eigenvalue weighted by atomic mass is 10.1. The lowest BCUT2D eigenvalue weighted by Gasteiger charge is -2.09. The van der Waals surface area contributed by atoms with Gasteiger partial charge in [0.15, 0.2) is 0 Å². The molecule has 0 spiro atoms. The predicted molar refractivity (Wildman–Crippen MR) is 73.3 cm³/mol. The molecule has 19 heavy (non-hydrogen) atoms. The van der Waals surface area contributed by atoms with E-state index in [0.717, 1.165) is 24.4 Å². The number of carbonyl (C=O) groups excluding carboxylic acids is 1. The Kier molecular flexibility index (Phi) is 4.82. The molecule has 1 amide bonds. The number of ether oxygens (including phenoxy) is 1. The van der Waals surface area contributed by atoms with Gasteiger partial charge in [0.05, 0.1) is 23.0 Å². The minimum absolute atomic E-state index is 0.0862. The Morgan fingerprint density at radius 2 is 2.37 bits per heavy atom. The fourth-order valence-electron chi connectivity index (χ4n) is 2.27. The number of hydrogen-bond acceptors (Lipinski definition) is 3. The highest BCUT2D eigenvalue weighted by Gasteiger charge is 2.18. The maximum absolute atomic E-state index is 11.7. The number of amides is 1. The van der Waals surface area contributed by atoms with Crippen LogP contribution in [0.3, 0.4) is 0 Å². The molecule has 1 N–H and O–H groups in total. The summed E-state index contributed by atoms with van der Waals surface area (Å²) in [6.45, 7) is 6.52. The first-order chi connectivity index (χ1) is 9.08. The number of halogens is 1. The Balaban J connectivity index is 1.73. The maximum atomic E-state index is 11.7. The Hall–Kier alpha value is -1.07. The number of aromatic nitrogens is 2. The average Bonchev–Trinajstić information content (AvgIpc) is 2.95. The zero-order valence-electron chi connectivity index (χ0n) is 11.4. The molecule has 5 nitrogen and oxygen atoms in total. The normalized spacial score (nSPS) is 18.8. The Labute approximate surface area is 118 Å². The SMILES string of the molecule is Cc1nn(CCNC(=O)C[C@@H]2CCOC2)c(C)c1Cl. The number of hydrogen-bond donors (Lipinski definition) is 1. The van der Waals surface area contributed by atoms with Gasteiger partial charge in [-0.15, -0.1) is 0 Å². The Bertz CT molecular complexity index is 453. The third-order valence-electron chi connectivity index (χ3n) is 3.44. The summed E-state index contributed by atoms with van der Waals surface area (Å²) in [5, 5.41) is 7.94. The van der Waals surface area contributed by atoms with E-state index in [-0.39, 0.29) is 5.91 Å². The van der Waals surface area contributed by atoms with Gasteiger partial charge in [0.25, 0.3) is 0 Å². The van der Waals surface area contributed by atoms with E-state index in [1.165, 1.54) is 0 Å². The fraction of sp³-hybridized carbons (Fsp3) is 0.692. The molecular formula is C13H20ClN3O2. The Morgan fingerprint density at radius 3 is 2.95 bits per heavy atom. The van der Waals surface area contributed by atoms with E-state index in [1.807, 2.05) is 18.5 Å². The van der Waals surface area contributed by atoms with Crippen LogP contribution in [-0.4, -0.2) is 35.4 Å². The second-order valence-electron chi connectivity index (χ2n) is 4.99. The quantitative estimate of drug-likeness (QED) is 0.896. The minimum atomic E-state index is 0.0862. The first-order valence-corrected chi connectivity index (χ1v) is 6.99. The molecule has 0 radical (unpaired) electrons. The van der Waals surface area contributed by atoms with Crippen LogP contribution in [0.2, 0.25) is 5.02 Å². The summed E-state index contributed by atoms with van der Waals surface area (Å²) in [6, 6.07) is 0. The highest BCUT2D eigenvalue weighted by Crippen LogP contribution is 2.18.